The first-order chi connectivity index (χ1) is 7.97. The fourth-order valence-corrected chi connectivity index (χ4v) is 2.08. The zero-order valence-corrected chi connectivity index (χ0v) is 10.0. The van der Waals surface area contributed by atoms with Crippen LogP contribution in [0.3, 0.4) is 0 Å². The lowest BCUT2D eigenvalue weighted by atomic mass is 9.81. The van der Waals surface area contributed by atoms with Crippen molar-refractivity contribution in [3.63, 3.8) is 0 Å². The third kappa shape index (κ3) is 1.79. The number of carbonyl (C=O) groups is 2. The number of para-hydroxylation sites is 1. The zero-order valence-electron chi connectivity index (χ0n) is 10.0. The molecule has 0 saturated heterocycles. The Bertz CT molecular complexity index is 476. The molecule has 4 nitrogen and oxygen atoms in total. The van der Waals surface area contributed by atoms with Gasteiger partial charge >= 0.3 is 5.97 Å². The van der Waals surface area contributed by atoms with Gasteiger partial charge in [-0.25, -0.2) is 0 Å². The first-order valence-electron chi connectivity index (χ1n) is 5.37. The number of carbonyl (C=O) groups excluding carboxylic acids is 2. The Morgan fingerprint density at radius 1 is 1.35 bits per heavy atom. The van der Waals surface area contributed by atoms with Crippen LogP contribution in [0.25, 0.3) is 0 Å². The minimum absolute atomic E-state index is 0.247. The van der Waals surface area contributed by atoms with Crippen molar-refractivity contribution in [2.45, 2.75) is 19.4 Å². The van der Waals surface area contributed by atoms with Gasteiger partial charge in [-0.2, -0.15) is 0 Å². The number of esters is 1. The maximum absolute atomic E-state index is 12.3. The fourth-order valence-electron chi connectivity index (χ4n) is 2.08. The van der Waals surface area contributed by atoms with Crippen molar-refractivity contribution in [3.05, 3.63) is 29.8 Å². The molecule has 0 aromatic heterocycles. The largest absolute Gasteiger partial charge is 0.486 e. The quantitative estimate of drug-likeness (QED) is 0.549. The highest BCUT2D eigenvalue weighted by molar-refractivity contribution is 6.11. The molecule has 4 heteroatoms. The number of benzene rings is 1. The van der Waals surface area contributed by atoms with Crippen molar-refractivity contribution in [1.29, 1.82) is 0 Å². The molecule has 2 rings (SSSR count). The van der Waals surface area contributed by atoms with E-state index in [9.17, 15) is 9.59 Å². The van der Waals surface area contributed by atoms with Gasteiger partial charge in [0.15, 0.2) is 11.7 Å². The summed E-state index contributed by atoms with van der Waals surface area (Å²) in [7, 11) is 1.27. The van der Waals surface area contributed by atoms with Crippen LogP contribution < -0.4 is 4.74 Å². The molecule has 1 heterocycles. The highest BCUT2D eigenvalue weighted by Gasteiger charge is 2.48. The number of rotatable bonds is 1. The van der Waals surface area contributed by atoms with E-state index in [1.165, 1.54) is 7.11 Å². The van der Waals surface area contributed by atoms with Crippen LogP contribution in [0.2, 0.25) is 0 Å². The maximum Gasteiger partial charge on any atom is 0.320 e. The number of hydrogen-bond acceptors (Lipinski definition) is 4. The number of ether oxygens (including phenoxy) is 2. The van der Waals surface area contributed by atoms with Gasteiger partial charge in [0.1, 0.15) is 11.4 Å². The molecule has 1 aromatic carbocycles. The molecule has 1 aliphatic rings. The van der Waals surface area contributed by atoms with Crippen molar-refractivity contribution >= 4 is 11.8 Å². The average Bonchev–Trinajstić information content (AvgIpc) is 2.27. The Morgan fingerprint density at radius 3 is 2.65 bits per heavy atom. The molecule has 90 valence electrons. The van der Waals surface area contributed by atoms with Gasteiger partial charge in [-0.1, -0.05) is 12.1 Å². The summed E-state index contributed by atoms with van der Waals surface area (Å²) in [5, 5.41) is 0. The monoisotopic (exact) mass is 234 g/mol. The molecule has 0 fully saturated rings. The third-order valence-electron chi connectivity index (χ3n) is 2.92. The topological polar surface area (TPSA) is 52.6 Å². The summed E-state index contributed by atoms with van der Waals surface area (Å²) in [5.74, 6) is -1.21. The number of fused-ring (bicyclic) bond motifs is 1. The molecule has 0 radical (unpaired) electrons. The van der Waals surface area contributed by atoms with Gasteiger partial charge in [-0.05, 0) is 26.0 Å². The molecule has 0 amide bonds. The molecular formula is C13H14O4. The molecular weight excluding hydrogens is 220 g/mol. The van der Waals surface area contributed by atoms with E-state index >= 15 is 0 Å². The van der Waals surface area contributed by atoms with Crippen molar-refractivity contribution < 1.29 is 19.1 Å². The smallest absolute Gasteiger partial charge is 0.320 e. The van der Waals surface area contributed by atoms with Gasteiger partial charge in [-0.3, -0.25) is 9.59 Å². The Kier molecular flexibility index (Phi) is 2.65. The van der Waals surface area contributed by atoms with E-state index in [0.29, 0.717) is 11.3 Å². The molecule has 1 atom stereocenters. The van der Waals surface area contributed by atoms with Crippen molar-refractivity contribution in [2.24, 2.45) is 5.92 Å². The summed E-state index contributed by atoms with van der Waals surface area (Å²) in [6.07, 6.45) is 0. The summed E-state index contributed by atoms with van der Waals surface area (Å²) in [4.78, 5) is 23.9. The molecule has 0 spiro atoms. The van der Waals surface area contributed by atoms with E-state index in [2.05, 4.69) is 4.74 Å². The predicted molar refractivity (Wildman–Crippen MR) is 61.0 cm³/mol. The van der Waals surface area contributed by atoms with E-state index in [4.69, 9.17) is 4.74 Å². The van der Waals surface area contributed by atoms with Crippen molar-refractivity contribution in [3.8, 4) is 5.75 Å². The Balaban J connectivity index is 2.51. The summed E-state index contributed by atoms with van der Waals surface area (Å²) in [6, 6.07) is 6.92. The number of methoxy groups -OCH3 is 1. The van der Waals surface area contributed by atoms with Crippen LogP contribution in [0.4, 0.5) is 0 Å². The second-order valence-electron chi connectivity index (χ2n) is 4.52. The standard InChI is InChI=1S/C13H14O4/c1-13(2)10(12(15)16-3)11(14)8-6-4-5-7-9(8)17-13/h4-7,10H,1-3H3. The lowest BCUT2D eigenvalue weighted by Crippen LogP contribution is -2.50. The van der Waals surface area contributed by atoms with Crippen molar-refractivity contribution in [2.75, 3.05) is 7.11 Å². The van der Waals surface area contributed by atoms with E-state index in [1.807, 2.05) is 0 Å². The number of Topliss-reactive ketones (excluding diaryl/α,β-unsaturated/α-hetero) is 1. The SMILES string of the molecule is COC(=O)C1C(=O)c2ccccc2OC1(C)C. The summed E-state index contributed by atoms with van der Waals surface area (Å²) in [5.41, 5.74) is -0.458. The van der Waals surface area contributed by atoms with Crippen LogP contribution in [0.1, 0.15) is 24.2 Å². The van der Waals surface area contributed by atoms with Crippen LogP contribution in [0.5, 0.6) is 5.75 Å². The number of hydrogen-bond donors (Lipinski definition) is 0. The lowest BCUT2D eigenvalue weighted by molar-refractivity contribution is -0.149. The highest BCUT2D eigenvalue weighted by Crippen LogP contribution is 2.37. The molecule has 17 heavy (non-hydrogen) atoms. The first-order valence-corrected chi connectivity index (χ1v) is 5.37. The molecule has 1 unspecified atom stereocenters. The summed E-state index contributed by atoms with van der Waals surface area (Å²) >= 11 is 0. The molecule has 0 N–H and O–H groups in total. The summed E-state index contributed by atoms with van der Waals surface area (Å²) < 4.78 is 10.4. The highest BCUT2D eigenvalue weighted by atomic mass is 16.5. The third-order valence-corrected chi connectivity index (χ3v) is 2.92. The van der Waals surface area contributed by atoms with Gasteiger partial charge in [0.25, 0.3) is 0 Å². The lowest BCUT2D eigenvalue weighted by Gasteiger charge is -2.36. The van der Waals surface area contributed by atoms with Crippen molar-refractivity contribution in [1.82, 2.24) is 0 Å². The van der Waals surface area contributed by atoms with Crippen LogP contribution in [0, 0.1) is 5.92 Å². The number of ketones is 1. The first kappa shape index (κ1) is 11.6. The molecule has 1 aliphatic heterocycles. The van der Waals surface area contributed by atoms with Gasteiger partial charge < -0.3 is 9.47 Å². The normalized spacial score (nSPS) is 21.4. The molecule has 1 aromatic rings. The van der Waals surface area contributed by atoms with Gasteiger partial charge in [0, 0.05) is 0 Å². The van der Waals surface area contributed by atoms with Gasteiger partial charge in [-0.15, -0.1) is 0 Å². The van der Waals surface area contributed by atoms with E-state index < -0.39 is 17.5 Å². The van der Waals surface area contributed by atoms with E-state index in [-0.39, 0.29) is 5.78 Å². The van der Waals surface area contributed by atoms with Crippen LogP contribution in [0.15, 0.2) is 24.3 Å². The van der Waals surface area contributed by atoms with Crippen LogP contribution in [-0.2, 0) is 9.53 Å². The maximum atomic E-state index is 12.3. The second-order valence-corrected chi connectivity index (χ2v) is 4.52. The van der Waals surface area contributed by atoms with Gasteiger partial charge in [0.2, 0.25) is 0 Å². The Labute approximate surface area is 99.5 Å². The Morgan fingerprint density at radius 2 is 2.00 bits per heavy atom. The van der Waals surface area contributed by atoms with E-state index in [1.54, 1.807) is 38.1 Å². The predicted octanol–water partition coefficient (Wildman–Crippen LogP) is 1.83. The second kappa shape index (κ2) is 3.87. The molecule has 0 bridgehead atoms. The minimum Gasteiger partial charge on any atom is -0.486 e. The summed E-state index contributed by atoms with van der Waals surface area (Å²) in [6.45, 7) is 3.42. The Hall–Kier alpha value is -1.84. The minimum atomic E-state index is -0.914. The van der Waals surface area contributed by atoms with Crippen LogP contribution >= 0.6 is 0 Å². The average molecular weight is 234 g/mol. The van der Waals surface area contributed by atoms with Crippen LogP contribution in [-0.4, -0.2) is 24.5 Å². The fraction of sp³-hybridized carbons (Fsp3) is 0.385. The van der Waals surface area contributed by atoms with E-state index in [0.717, 1.165) is 0 Å². The van der Waals surface area contributed by atoms with Gasteiger partial charge in [0.05, 0.1) is 12.7 Å². The molecule has 0 saturated carbocycles. The zero-order chi connectivity index (χ0) is 12.6. The molecule has 0 aliphatic carbocycles.